The Morgan fingerprint density at radius 1 is 1.23 bits per heavy atom. The molecule has 5 fully saturated rings. The van der Waals surface area contributed by atoms with Crippen molar-refractivity contribution in [3.8, 4) is 0 Å². The van der Waals surface area contributed by atoms with Crippen LogP contribution in [0.25, 0.3) is 0 Å². The van der Waals surface area contributed by atoms with Crippen LogP contribution < -0.4 is 0 Å². The van der Waals surface area contributed by atoms with Crippen LogP contribution >= 0.6 is 0 Å². The smallest absolute Gasteiger partial charge is 0.199 e. The van der Waals surface area contributed by atoms with E-state index >= 15 is 0 Å². The highest BCUT2D eigenvalue weighted by molar-refractivity contribution is 5.89. The summed E-state index contributed by atoms with van der Waals surface area (Å²) in [4.78, 5) is 14.1. The lowest BCUT2D eigenvalue weighted by molar-refractivity contribution is -0.375. The zero-order valence-electron chi connectivity index (χ0n) is 18.9. The molecule has 5 heteroatoms. The molecule has 4 heterocycles. The molecule has 30 heavy (non-hydrogen) atoms. The topological polar surface area (TPSA) is 57.9 Å². The number of Topliss-reactive ketones (excluding diaryl/α,β-unsaturated/α-hetero) is 1. The molecule has 164 valence electrons. The zero-order chi connectivity index (χ0) is 21.2. The second-order valence-corrected chi connectivity index (χ2v) is 11.4. The summed E-state index contributed by atoms with van der Waals surface area (Å²) in [7, 11) is 0. The first-order valence-corrected chi connectivity index (χ1v) is 11.8. The van der Waals surface area contributed by atoms with E-state index in [-0.39, 0.29) is 35.9 Å². The molecule has 5 aliphatic rings. The van der Waals surface area contributed by atoms with Crippen LogP contribution in [-0.2, 0) is 19.0 Å². The van der Waals surface area contributed by atoms with Gasteiger partial charge in [-0.15, -0.1) is 0 Å². The number of carbonyl (C=O) groups is 1. The van der Waals surface area contributed by atoms with Crippen LogP contribution in [0.4, 0.5) is 0 Å². The highest BCUT2D eigenvalue weighted by Crippen LogP contribution is 2.73. The molecular formula is C25H34O5. The summed E-state index contributed by atoms with van der Waals surface area (Å²) < 4.78 is 26.9. The Labute approximate surface area is 178 Å². The van der Waals surface area contributed by atoms with E-state index in [0.29, 0.717) is 24.0 Å². The second kappa shape index (κ2) is 5.79. The lowest BCUT2D eigenvalue weighted by atomic mass is 9.51. The minimum absolute atomic E-state index is 0.0618. The molecule has 0 amide bonds. The van der Waals surface area contributed by atoms with Gasteiger partial charge in [0, 0.05) is 24.7 Å². The average Bonchev–Trinajstić information content (AvgIpc) is 3.24. The van der Waals surface area contributed by atoms with Gasteiger partial charge in [-0.1, -0.05) is 27.7 Å². The fraction of sp³-hybridized carbons (Fsp3) is 0.800. The molecule has 1 unspecified atom stereocenters. The summed E-state index contributed by atoms with van der Waals surface area (Å²) in [5, 5.41) is 0. The van der Waals surface area contributed by atoms with E-state index in [2.05, 4.69) is 41.5 Å². The van der Waals surface area contributed by atoms with Crippen molar-refractivity contribution in [3.05, 3.63) is 23.7 Å². The minimum atomic E-state index is -0.874. The largest absolute Gasteiger partial charge is 0.466 e. The van der Waals surface area contributed by atoms with Crippen LogP contribution in [0.15, 0.2) is 16.7 Å². The van der Waals surface area contributed by atoms with E-state index in [1.165, 1.54) is 0 Å². The van der Waals surface area contributed by atoms with Gasteiger partial charge in [0.2, 0.25) is 0 Å². The van der Waals surface area contributed by atoms with E-state index in [1.807, 2.05) is 6.07 Å². The molecular weight excluding hydrogens is 380 g/mol. The molecule has 3 bridgehead atoms. The quantitative estimate of drug-likeness (QED) is 0.709. The van der Waals surface area contributed by atoms with E-state index in [4.69, 9.17) is 18.6 Å². The van der Waals surface area contributed by atoms with Gasteiger partial charge in [-0.25, -0.2) is 0 Å². The number of carbonyl (C=O) groups excluding carboxylic acids is 1. The van der Waals surface area contributed by atoms with Crippen LogP contribution in [0.5, 0.6) is 0 Å². The molecule has 1 aromatic rings. The summed E-state index contributed by atoms with van der Waals surface area (Å²) in [6.07, 6.45) is 3.88. The maximum atomic E-state index is 14.1. The molecule has 0 radical (unpaired) electrons. The number of ether oxygens (including phenoxy) is 3. The Hall–Kier alpha value is -1.17. The molecule has 2 saturated carbocycles. The first-order valence-electron chi connectivity index (χ1n) is 11.8. The number of rotatable bonds is 3. The summed E-state index contributed by atoms with van der Waals surface area (Å²) in [6.45, 7) is 13.1. The summed E-state index contributed by atoms with van der Waals surface area (Å²) in [5.41, 5.74) is -0.282. The lowest BCUT2D eigenvalue weighted by Gasteiger charge is -2.62. The normalized spacial score (nSPS) is 53.6. The van der Waals surface area contributed by atoms with E-state index in [0.717, 1.165) is 24.2 Å². The highest BCUT2D eigenvalue weighted by Gasteiger charge is 2.85. The minimum Gasteiger partial charge on any atom is -0.466 e. The van der Waals surface area contributed by atoms with Crippen LogP contribution in [0.2, 0.25) is 0 Å². The molecule has 5 nitrogen and oxygen atoms in total. The van der Waals surface area contributed by atoms with E-state index in [9.17, 15) is 4.79 Å². The molecule has 6 rings (SSSR count). The molecule has 10 atom stereocenters. The fourth-order valence-electron chi connectivity index (χ4n) is 8.38. The van der Waals surface area contributed by atoms with Gasteiger partial charge in [0.1, 0.15) is 23.2 Å². The Kier molecular flexibility index (Phi) is 3.76. The van der Waals surface area contributed by atoms with E-state index in [1.54, 1.807) is 6.26 Å². The third-order valence-corrected chi connectivity index (χ3v) is 9.10. The third kappa shape index (κ3) is 2.03. The predicted molar refractivity (Wildman–Crippen MR) is 110 cm³/mol. The van der Waals surface area contributed by atoms with Crippen molar-refractivity contribution < 1.29 is 23.4 Å². The number of ketones is 1. The zero-order valence-corrected chi connectivity index (χ0v) is 18.9. The summed E-state index contributed by atoms with van der Waals surface area (Å²) >= 11 is 0. The fourth-order valence-corrected chi connectivity index (χ4v) is 8.38. The maximum Gasteiger partial charge on any atom is 0.199 e. The van der Waals surface area contributed by atoms with Gasteiger partial charge in [0.25, 0.3) is 0 Å². The molecule has 0 aromatic carbocycles. The van der Waals surface area contributed by atoms with Crippen molar-refractivity contribution in [1.29, 1.82) is 0 Å². The van der Waals surface area contributed by atoms with Crippen molar-refractivity contribution in [2.75, 3.05) is 0 Å². The predicted octanol–water partition coefficient (Wildman–Crippen LogP) is 4.83. The Morgan fingerprint density at radius 2 is 2.00 bits per heavy atom. The van der Waals surface area contributed by atoms with Gasteiger partial charge in [0.05, 0.1) is 23.9 Å². The standard InChI is InChI=1S/C25H34O5/c1-12(2)10-24-25-15(5)19-16(28-24)9-14(4)18(19)20(26)22(25)23(6,30-24)11-17(29-25)21-13(3)7-8-27-21/h7-8,12,14-19,22H,9-11H2,1-6H3/t14-,15+,16-,17-,18+,19-,22-,23-,24+,25?/m0/s1. The number of hydrogen-bond donors (Lipinski definition) is 0. The van der Waals surface area contributed by atoms with Crippen molar-refractivity contribution in [1.82, 2.24) is 0 Å². The van der Waals surface area contributed by atoms with Crippen LogP contribution in [-0.4, -0.2) is 28.9 Å². The van der Waals surface area contributed by atoms with Crippen molar-refractivity contribution in [2.24, 2.45) is 35.5 Å². The van der Waals surface area contributed by atoms with Gasteiger partial charge in [0.15, 0.2) is 5.79 Å². The maximum absolute atomic E-state index is 14.1. The second-order valence-electron chi connectivity index (χ2n) is 11.4. The van der Waals surface area contributed by atoms with Crippen molar-refractivity contribution in [3.63, 3.8) is 0 Å². The molecule has 3 aliphatic heterocycles. The average molecular weight is 415 g/mol. The molecule has 1 spiro atoms. The molecule has 2 aliphatic carbocycles. The Balaban J connectivity index is 1.57. The van der Waals surface area contributed by atoms with Gasteiger partial charge >= 0.3 is 0 Å². The van der Waals surface area contributed by atoms with Crippen LogP contribution in [0.3, 0.4) is 0 Å². The lowest BCUT2D eigenvalue weighted by Crippen LogP contribution is -2.74. The first kappa shape index (κ1) is 19.5. The number of aryl methyl sites for hydroxylation is 1. The van der Waals surface area contributed by atoms with Gasteiger partial charge < -0.3 is 18.6 Å². The highest BCUT2D eigenvalue weighted by atomic mass is 16.8. The number of furan rings is 1. The Bertz CT molecular complexity index is 905. The third-order valence-electron chi connectivity index (χ3n) is 9.10. The monoisotopic (exact) mass is 414 g/mol. The first-order chi connectivity index (χ1) is 14.1. The SMILES string of the molecule is Cc1ccoc1[C@@H]1C[C@]2(C)O[C@@]3(CC(C)C)O[C@H]4C[C@H](C)[C@H]5C(=O)[C@@H]2C3(O1)[C@H](C)[C@H]54. The molecule has 3 saturated heterocycles. The van der Waals surface area contributed by atoms with E-state index < -0.39 is 17.0 Å². The molecule has 0 N–H and O–H groups in total. The van der Waals surface area contributed by atoms with Crippen molar-refractivity contribution >= 4 is 5.78 Å². The Morgan fingerprint density at radius 3 is 2.67 bits per heavy atom. The van der Waals surface area contributed by atoms with Crippen molar-refractivity contribution in [2.45, 2.75) is 90.0 Å². The van der Waals surface area contributed by atoms with Crippen LogP contribution in [0.1, 0.15) is 71.3 Å². The van der Waals surface area contributed by atoms with Gasteiger partial charge in [-0.3, -0.25) is 4.79 Å². The van der Waals surface area contributed by atoms with Gasteiger partial charge in [-0.2, -0.15) is 0 Å². The summed E-state index contributed by atoms with van der Waals surface area (Å²) in [6, 6.07) is 1.98. The summed E-state index contributed by atoms with van der Waals surface area (Å²) in [5.74, 6) is 1.27. The number of hydrogen-bond acceptors (Lipinski definition) is 5. The van der Waals surface area contributed by atoms with Gasteiger partial charge in [-0.05, 0) is 49.7 Å². The molecule has 1 aromatic heterocycles. The van der Waals surface area contributed by atoms with Crippen LogP contribution in [0, 0.1) is 42.4 Å².